The second-order valence-corrected chi connectivity index (χ2v) is 5.07. The zero-order valence-corrected chi connectivity index (χ0v) is 13.1. The van der Waals surface area contributed by atoms with E-state index in [4.69, 9.17) is 9.11 Å². The zero-order chi connectivity index (χ0) is 9.12. The summed E-state index contributed by atoms with van der Waals surface area (Å²) in [5.41, 5.74) is 0. The van der Waals surface area contributed by atoms with Gasteiger partial charge in [-0.1, -0.05) is 0 Å². The van der Waals surface area contributed by atoms with E-state index in [1.807, 2.05) is 0 Å². The predicted octanol–water partition coefficient (Wildman–Crippen LogP) is -6.84. The third-order valence-corrected chi connectivity index (χ3v) is 2.41. The smallest absolute Gasteiger partial charge is 0.286 e. The van der Waals surface area contributed by atoms with Crippen LogP contribution in [0.3, 0.4) is 0 Å². The monoisotopic (exact) mass is 250 g/mol. The van der Waals surface area contributed by atoms with Gasteiger partial charge in [-0.25, -0.2) is 0 Å². The molecule has 0 aliphatic heterocycles. The molecule has 10 heteroatoms. The van der Waals surface area contributed by atoms with Gasteiger partial charge in [-0.3, -0.25) is 9.11 Å². The molecule has 0 aliphatic rings. The maximum Gasteiger partial charge on any atom is 1.00 e. The zero-order valence-electron chi connectivity index (χ0n) is 7.47. The molecule has 0 fully saturated rings. The van der Waals surface area contributed by atoms with Crippen molar-refractivity contribution in [2.75, 3.05) is 11.5 Å². The molecule has 0 radical (unpaired) electrons. The minimum Gasteiger partial charge on any atom is -0.286 e. The van der Waals surface area contributed by atoms with Crippen LogP contribution in [0.5, 0.6) is 0 Å². The van der Waals surface area contributed by atoms with Gasteiger partial charge in [0.05, 0.1) is 11.5 Å². The van der Waals surface area contributed by atoms with Gasteiger partial charge in [-0.2, -0.15) is 16.8 Å². The molecular formula is C3H8Na2O6S2+2. The van der Waals surface area contributed by atoms with Gasteiger partial charge >= 0.3 is 59.1 Å². The SMILES string of the molecule is O=S(=O)(O)CCCS(=O)(=O)O.[Na+].[Na+]. The van der Waals surface area contributed by atoms with Gasteiger partial charge in [-0.15, -0.1) is 0 Å². The Morgan fingerprint density at radius 3 is 1.15 bits per heavy atom. The third kappa shape index (κ3) is 20.0. The Morgan fingerprint density at radius 1 is 0.769 bits per heavy atom. The van der Waals surface area contributed by atoms with Crippen LogP contribution in [0.2, 0.25) is 0 Å². The largest absolute Gasteiger partial charge is 1.00 e. The van der Waals surface area contributed by atoms with Gasteiger partial charge in [0.15, 0.2) is 0 Å². The van der Waals surface area contributed by atoms with Crippen molar-refractivity contribution >= 4 is 20.2 Å². The van der Waals surface area contributed by atoms with Gasteiger partial charge in [0.2, 0.25) is 0 Å². The molecule has 0 unspecified atom stereocenters. The van der Waals surface area contributed by atoms with E-state index < -0.39 is 31.7 Å². The normalized spacial score (nSPS) is 11.2. The van der Waals surface area contributed by atoms with Crippen LogP contribution in [0.25, 0.3) is 0 Å². The van der Waals surface area contributed by atoms with E-state index in [-0.39, 0.29) is 65.5 Å². The first kappa shape index (κ1) is 20.3. The van der Waals surface area contributed by atoms with Crippen molar-refractivity contribution in [2.24, 2.45) is 0 Å². The Bertz CT molecular complexity index is 273. The van der Waals surface area contributed by atoms with E-state index >= 15 is 0 Å². The Morgan fingerprint density at radius 2 is 1.00 bits per heavy atom. The number of rotatable bonds is 4. The summed E-state index contributed by atoms with van der Waals surface area (Å²) >= 11 is 0. The quantitative estimate of drug-likeness (QED) is 0.379. The average Bonchev–Trinajstić information content (AvgIpc) is 1.55. The molecule has 6 nitrogen and oxygen atoms in total. The number of hydrogen-bond donors (Lipinski definition) is 2. The van der Waals surface area contributed by atoms with Crippen LogP contribution in [0.4, 0.5) is 0 Å². The van der Waals surface area contributed by atoms with Crippen LogP contribution in [0, 0.1) is 0 Å². The standard InChI is InChI=1S/C3H8O6S2.2Na/c4-10(5,6)2-1-3-11(7,8)9;;/h1-3H2,(H,4,5,6)(H,7,8,9);;/q;2*+1. The summed E-state index contributed by atoms with van der Waals surface area (Å²) in [6.45, 7) is 0. The number of hydrogen-bond acceptors (Lipinski definition) is 4. The first-order chi connectivity index (χ1) is 4.71. The van der Waals surface area contributed by atoms with Crippen LogP contribution >= 0.6 is 0 Å². The Kier molecular flexibility index (Phi) is 12.5. The van der Waals surface area contributed by atoms with E-state index in [0.717, 1.165) is 0 Å². The Labute approximate surface area is 122 Å². The van der Waals surface area contributed by atoms with Gasteiger partial charge in [0.1, 0.15) is 0 Å². The molecule has 0 aromatic carbocycles. The fourth-order valence-electron chi connectivity index (χ4n) is 0.424. The van der Waals surface area contributed by atoms with Crippen molar-refractivity contribution in [1.82, 2.24) is 0 Å². The first-order valence-electron chi connectivity index (χ1n) is 2.61. The topological polar surface area (TPSA) is 109 Å². The molecule has 0 saturated heterocycles. The van der Waals surface area contributed by atoms with Crippen molar-refractivity contribution in [3.63, 3.8) is 0 Å². The van der Waals surface area contributed by atoms with Crippen molar-refractivity contribution in [2.45, 2.75) is 6.42 Å². The van der Waals surface area contributed by atoms with Crippen molar-refractivity contribution in [3.8, 4) is 0 Å². The van der Waals surface area contributed by atoms with Gasteiger partial charge < -0.3 is 0 Å². The third-order valence-electron chi connectivity index (χ3n) is 0.805. The van der Waals surface area contributed by atoms with E-state index in [9.17, 15) is 16.8 Å². The molecule has 13 heavy (non-hydrogen) atoms. The molecular weight excluding hydrogens is 242 g/mol. The van der Waals surface area contributed by atoms with E-state index in [1.165, 1.54) is 0 Å². The van der Waals surface area contributed by atoms with Crippen LogP contribution in [0.15, 0.2) is 0 Å². The summed E-state index contributed by atoms with van der Waals surface area (Å²) in [4.78, 5) is 0. The maximum absolute atomic E-state index is 10.00. The molecule has 0 bridgehead atoms. The first-order valence-corrected chi connectivity index (χ1v) is 5.83. The molecule has 0 aromatic rings. The van der Waals surface area contributed by atoms with Crippen molar-refractivity contribution in [1.29, 1.82) is 0 Å². The molecule has 0 atom stereocenters. The molecule has 0 saturated carbocycles. The molecule has 0 spiro atoms. The average molecular weight is 250 g/mol. The molecule has 0 rings (SSSR count). The minimum atomic E-state index is -4.12. The molecule has 2 N–H and O–H groups in total. The second kappa shape index (κ2) is 8.03. The van der Waals surface area contributed by atoms with Crippen molar-refractivity contribution < 1.29 is 85.1 Å². The Hall–Kier alpha value is 1.82. The Balaban J connectivity index is -0.000000500. The summed E-state index contributed by atoms with van der Waals surface area (Å²) in [5.74, 6) is -1.32. The molecule has 68 valence electrons. The van der Waals surface area contributed by atoms with Crippen molar-refractivity contribution in [3.05, 3.63) is 0 Å². The fourth-order valence-corrected chi connectivity index (χ4v) is 1.62. The van der Waals surface area contributed by atoms with Gasteiger partial charge in [-0.05, 0) is 6.42 Å². The van der Waals surface area contributed by atoms with E-state index in [1.54, 1.807) is 0 Å². The second-order valence-electron chi connectivity index (χ2n) is 1.93. The fraction of sp³-hybridized carbons (Fsp3) is 1.00. The van der Waals surface area contributed by atoms with E-state index in [0.29, 0.717) is 0 Å². The predicted molar refractivity (Wildman–Crippen MR) is 37.4 cm³/mol. The van der Waals surface area contributed by atoms with Crippen LogP contribution in [0.1, 0.15) is 6.42 Å². The molecule has 0 aliphatic carbocycles. The summed E-state index contributed by atoms with van der Waals surface area (Å²) < 4.78 is 56.2. The van der Waals surface area contributed by atoms with Gasteiger partial charge in [0.25, 0.3) is 20.2 Å². The van der Waals surface area contributed by atoms with Crippen LogP contribution in [-0.2, 0) is 20.2 Å². The molecule has 0 amide bonds. The molecule has 0 aromatic heterocycles. The summed E-state index contributed by atoms with van der Waals surface area (Å²) in [5, 5.41) is 0. The summed E-state index contributed by atoms with van der Waals surface area (Å²) in [6, 6.07) is 0. The van der Waals surface area contributed by atoms with E-state index in [2.05, 4.69) is 0 Å². The molecule has 0 heterocycles. The van der Waals surface area contributed by atoms with Crippen LogP contribution in [-0.4, -0.2) is 37.4 Å². The summed E-state index contributed by atoms with van der Waals surface area (Å²) in [7, 11) is -8.24. The maximum atomic E-state index is 10.00. The van der Waals surface area contributed by atoms with Gasteiger partial charge in [0, 0.05) is 0 Å². The summed E-state index contributed by atoms with van der Waals surface area (Å²) in [6.07, 6.45) is -0.308. The van der Waals surface area contributed by atoms with Crippen LogP contribution < -0.4 is 59.1 Å². The minimum absolute atomic E-state index is 0.